The summed E-state index contributed by atoms with van der Waals surface area (Å²) in [7, 11) is 0. The van der Waals surface area contributed by atoms with Gasteiger partial charge in [0.25, 0.3) is 0 Å². The van der Waals surface area contributed by atoms with Crippen molar-refractivity contribution in [2.75, 3.05) is 0 Å². The molecule has 0 unspecified atom stereocenters. The molecule has 0 rings (SSSR count). The van der Waals surface area contributed by atoms with Crippen LogP contribution in [0.2, 0.25) is 0 Å². The van der Waals surface area contributed by atoms with E-state index in [2.05, 4.69) is 20.9 Å². The number of halogens is 1. The molecule has 0 radical (unpaired) electrons. The first kappa shape index (κ1) is 13.2. The molecular weight excluding hydrogens is 248 g/mol. The zero-order chi connectivity index (χ0) is 11.4. The number of amides is 1. The van der Waals surface area contributed by atoms with E-state index in [1.54, 1.807) is 27.7 Å². The van der Waals surface area contributed by atoms with Gasteiger partial charge in [-0.2, -0.15) is 4.99 Å². The van der Waals surface area contributed by atoms with Crippen LogP contribution >= 0.6 is 15.9 Å². The average molecular weight is 263 g/mol. The minimum absolute atomic E-state index is 0.525. The van der Waals surface area contributed by atoms with E-state index in [1.165, 1.54) is 6.21 Å². The van der Waals surface area contributed by atoms with E-state index in [1.807, 2.05) is 0 Å². The first-order valence-electron chi connectivity index (χ1n) is 4.11. The number of carbonyl (C=O) groups is 1. The van der Waals surface area contributed by atoms with Crippen molar-refractivity contribution in [3.63, 3.8) is 0 Å². The Balaban J connectivity index is 4.28. The molecule has 5 heteroatoms. The van der Waals surface area contributed by atoms with Gasteiger partial charge in [0, 0.05) is 5.70 Å². The van der Waals surface area contributed by atoms with Crippen LogP contribution in [0.3, 0.4) is 0 Å². The Kier molecular flexibility index (Phi) is 4.83. The first-order valence-corrected chi connectivity index (χ1v) is 4.90. The summed E-state index contributed by atoms with van der Waals surface area (Å²) < 4.78 is 5.52. The smallest absolute Gasteiger partial charge is 0.434 e. The zero-order valence-electron chi connectivity index (χ0n) is 8.80. The molecule has 0 heterocycles. The minimum Gasteiger partial charge on any atom is -0.442 e. The summed E-state index contributed by atoms with van der Waals surface area (Å²) in [5, 5.41) is 0. The van der Waals surface area contributed by atoms with Gasteiger partial charge in [-0.05, 0) is 43.6 Å². The van der Waals surface area contributed by atoms with Gasteiger partial charge in [-0.3, -0.25) is 0 Å². The summed E-state index contributed by atoms with van der Waals surface area (Å²) in [6.07, 6.45) is 0.694. The van der Waals surface area contributed by atoms with Crippen LogP contribution in [0.25, 0.3) is 0 Å². The summed E-state index contributed by atoms with van der Waals surface area (Å²) in [6.45, 7) is 7.03. The largest absolute Gasteiger partial charge is 0.442 e. The number of allylic oxidation sites excluding steroid dienone is 2. The number of nitrogens with two attached hydrogens (primary N) is 1. The van der Waals surface area contributed by atoms with Gasteiger partial charge in [0.15, 0.2) is 0 Å². The maximum absolute atomic E-state index is 11.1. The van der Waals surface area contributed by atoms with Gasteiger partial charge >= 0.3 is 6.09 Å². The highest BCUT2D eigenvalue weighted by Crippen LogP contribution is 2.09. The van der Waals surface area contributed by atoms with E-state index in [0.717, 1.165) is 0 Å². The number of rotatable bonds is 1. The average Bonchev–Trinajstić information content (AvgIpc) is 1.96. The lowest BCUT2D eigenvalue weighted by Gasteiger charge is -2.16. The molecule has 0 saturated heterocycles. The molecule has 0 bridgehead atoms. The SMILES string of the molecule is CC(N)=C(Br)C=NC(=O)OC(C)(C)C. The molecular formula is C9H15BrN2O2. The Labute approximate surface area is 92.3 Å². The normalized spacial score (nSPS) is 14.1. The molecule has 0 aromatic heterocycles. The molecule has 0 aromatic carbocycles. The summed E-state index contributed by atoms with van der Waals surface area (Å²) in [5.41, 5.74) is 5.47. The summed E-state index contributed by atoms with van der Waals surface area (Å²) in [4.78, 5) is 14.6. The van der Waals surface area contributed by atoms with Gasteiger partial charge in [-0.1, -0.05) is 0 Å². The quantitative estimate of drug-likeness (QED) is 0.739. The number of carbonyl (C=O) groups excluding carboxylic acids is 1. The van der Waals surface area contributed by atoms with E-state index >= 15 is 0 Å². The van der Waals surface area contributed by atoms with Gasteiger partial charge in [0.2, 0.25) is 0 Å². The van der Waals surface area contributed by atoms with E-state index in [-0.39, 0.29) is 0 Å². The second-order valence-corrected chi connectivity index (χ2v) is 4.62. The van der Waals surface area contributed by atoms with Crippen molar-refractivity contribution in [3.8, 4) is 0 Å². The van der Waals surface area contributed by atoms with Crippen LogP contribution < -0.4 is 5.73 Å². The van der Waals surface area contributed by atoms with Gasteiger partial charge < -0.3 is 10.5 Å². The van der Waals surface area contributed by atoms with Gasteiger partial charge in [0.1, 0.15) is 5.60 Å². The molecule has 0 aliphatic carbocycles. The highest BCUT2D eigenvalue weighted by atomic mass is 79.9. The van der Waals surface area contributed by atoms with Crippen molar-refractivity contribution >= 4 is 28.2 Å². The Hall–Kier alpha value is -0.840. The second kappa shape index (κ2) is 5.14. The van der Waals surface area contributed by atoms with Crippen molar-refractivity contribution in [2.45, 2.75) is 33.3 Å². The molecule has 0 saturated carbocycles. The maximum Gasteiger partial charge on any atom is 0.434 e. The molecule has 0 aromatic rings. The van der Waals surface area contributed by atoms with Gasteiger partial charge in [-0.25, -0.2) is 4.79 Å². The highest BCUT2D eigenvalue weighted by Gasteiger charge is 2.14. The molecule has 0 spiro atoms. The lowest BCUT2D eigenvalue weighted by Crippen LogP contribution is -2.21. The van der Waals surface area contributed by atoms with Crippen LogP contribution in [0.15, 0.2) is 15.2 Å². The van der Waals surface area contributed by atoms with Gasteiger partial charge in [0.05, 0.1) is 10.7 Å². The Bertz CT molecular complexity index is 273. The number of ether oxygens (including phenoxy) is 1. The van der Waals surface area contributed by atoms with Crippen LogP contribution in [0.5, 0.6) is 0 Å². The first-order chi connectivity index (χ1) is 6.22. The summed E-state index contributed by atoms with van der Waals surface area (Å²) >= 11 is 3.15. The van der Waals surface area contributed by atoms with Crippen LogP contribution in [-0.2, 0) is 4.74 Å². The topological polar surface area (TPSA) is 64.7 Å². The third-order valence-electron chi connectivity index (χ3n) is 1.05. The van der Waals surface area contributed by atoms with E-state index < -0.39 is 11.7 Å². The predicted octanol–water partition coefficient (Wildman–Crippen LogP) is 2.58. The summed E-state index contributed by atoms with van der Waals surface area (Å²) in [5.74, 6) is 0. The molecule has 4 nitrogen and oxygen atoms in total. The Morgan fingerprint density at radius 3 is 2.36 bits per heavy atom. The third kappa shape index (κ3) is 6.65. The summed E-state index contributed by atoms with van der Waals surface area (Å²) in [6, 6.07) is 0. The fourth-order valence-electron chi connectivity index (χ4n) is 0.499. The van der Waals surface area contributed by atoms with Crippen LogP contribution in [-0.4, -0.2) is 17.9 Å². The number of aliphatic imine (C=N–C) groups is 1. The van der Waals surface area contributed by atoms with Crippen molar-refractivity contribution < 1.29 is 9.53 Å². The lowest BCUT2D eigenvalue weighted by molar-refractivity contribution is 0.0605. The van der Waals surface area contributed by atoms with Crippen molar-refractivity contribution in [1.82, 2.24) is 0 Å². The molecule has 80 valence electrons. The Morgan fingerprint density at radius 2 is 2.00 bits per heavy atom. The van der Waals surface area contributed by atoms with Crippen LogP contribution in [0.1, 0.15) is 27.7 Å². The zero-order valence-corrected chi connectivity index (χ0v) is 10.4. The monoisotopic (exact) mass is 262 g/mol. The fraction of sp³-hybridized carbons (Fsp3) is 0.556. The van der Waals surface area contributed by atoms with Crippen LogP contribution in [0, 0.1) is 0 Å². The molecule has 1 amide bonds. The van der Waals surface area contributed by atoms with Crippen molar-refractivity contribution in [1.29, 1.82) is 0 Å². The molecule has 0 aliphatic rings. The third-order valence-corrected chi connectivity index (χ3v) is 1.88. The number of hydrogen-bond acceptors (Lipinski definition) is 3. The standard InChI is InChI=1S/C9H15BrN2O2/c1-6(11)7(10)5-12-8(13)14-9(2,3)4/h5H,11H2,1-4H3. The van der Waals surface area contributed by atoms with E-state index in [0.29, 0.717) is 10.2 Å². The van der Waals surface area contributed by atoms with Crippen LogP contribution in [0.4, 0.5) is 4.79 Å². The lowest BCUT2D eigenvalue weighted by atomic mass is 10.2. The maximum atomic E-state index is 11.1. The Morgan fingerprint density at radius 1 is 1.50 bits per heavy atom. The molecule has 0 aliphatic heterocycles. The van der Waals surface area contributed by atoms with Crippen molar-refractivity contribution in [2.24, 2.45) is 10.7 Å². The molecule has 0 atom stereocenters. The van der Waals surface area contributed by atoms with E-state index in [9.17, 15) is 4.79 Å². The highest BCUT2D eigenvalue weighted by molar-refractivity contribution is 9.12. The molecule has 0 fully saturated rings. The fourth-order valence-corrected chi connectivity index (χ4v) is 0.602. The van der Waals surface area contributed by atoms with Gasteiger partial charge in [-0.15, -0.1) is 0 Å². The minimum atomic E-state index is -0.629. The van der Waals surface area contributed by atoms with E-state index in [4.69, 9.17) is 10.5 Å². The number of nitrogens with zero attached hydrogens (tertiary/aromatic N) is 1. The van der Waals surface area contributed by atoms with Crippen molar-refractivity contribution in [3.05, 3.63) is 10.2 Å². The second-order valence-electron chi connectivity index (χ2n) is 3.77. The molecule has 2 N–H and O–H groups in total. The number of hydrogen-bond donors (Lipinski definition) is 1. The predicted molar refractivity (Wildman–Crippen MR) is 60.5 cm³/mol. The molecule has 14 heavy (non-hydrogen) atoms.